The molecular weight excluding hydrogens is 154 g/mol. The molecule has 3 aliphatic rings. The van der Waals surface area contributed by atoms with Crippen molar-refractivity contribution >= 4 is 0 Å². The lowest BCUT2D eigenvalue weighted by Crippen LogP contribution is -2.44. The largest absolute Gasteiger partial charge is 0.350 e. The van der Waals surface area contributed by atoms with Gasteiger partial charge in [0.2, 0.25) is 0 Å². The molecule has 0 N–H and O–H groups in total. The number of fused-ring (bicyclic) bond motifs is 3. The molecule has 2 bridgehead atoms. The van der Waals surface area contributed by atoms with Crippen LogP contribution in [0.4, 0.5) is 0 Å². The summed E-state index contributed by atoms with van der Waals surface area (Å²) < 4.78 is 11.4. The Bertz CT molecular complexity index is 205. The van der Waals surface area contributed by atoms with Gasteiger partial charge in [-0.05, 0) is 19.9 Å². The summed E-state index contributed by atoms with van der Waals surface area (Å²) in [5.41, 5.74) is 0.0810. The SMILES string of the molecule is C[C@@H]1OC[C@]2(CN3CC[C@@H]2C3)O1. The van der Waals surface area contributed by atoms with Crippen molar-refractivity contribution in [1.29, 1.82) is 0 Å². The molecule has 3 heterocycles. The molecule has 0 aromatic heterocycles. The van der Waals surface area contributed by atoms with Gasteiger partial charge in [-0.1, -0.05) is 0 Å². The summed E-state index contributed by atoms with van der Waals surface area (Å²) in [7, 11) is 0. The van der Waals surface area contributed by atoms with Crippen LogP contribution in [-0.4, -0.2) is 43.0 Å². The topological polar surface area (TPSA) is 21.7 Å². The van der Waals surface area contributed by atoms with Gasteiger partial charge >= 0.3 is 0 Å². The van der Waals surface area contributed by atoms with Gasteiger partial charge in [-0.15, -0.1) is 0 Å². The van der Waals surface area contributed by atoms with Crippen LogP contribution in [0.25, 0.3) is 0 Å². The van der Waals surface area contributed by atoms with Crippen LogP contribution in [0.15, 0.2) is 0 Å². The van der Waals surface area contributed by atoms with Gasteiger partial charge in [-0.3, -0.25) is 4.90 Å². The van der Waals surface area contributed by atoms with Crippen molar-refractivity contribution in [2.75, 3.05) is 26.2 Å². The maximum Gasteiger partial charge on any atom is 0.155 e. The van der Waals surface area contributed by atoms with Crippen molar-refractivity contribution < 1.29 is 9.47 Å². The van der Waals surface area contributed by atoms with Crippen molar-refractivity contribution in [3.05, 3.63) is 0 Å². The van der Waals surface area contributed by atoms with E-state index in [1.165, 1.54) is 19.5 Å². The molecule has 3 heteroatoms. The number of rotatable bonds is 0. The smallest absolute Gasteiger partial charge is 0.155 e. The van der Waals surface area contributed by atoms with E-state index in [9.17, 15) is 0 Å². The molecule has 68 valence electrons. The zero-order valence-electron chi connectivity index (χ0n) is 7.45. The minimum Gasteiger partial charge on any atom is -0.350 e. The van der Waals surface area contributed by atoms with Crippen molar-refractivity contribution in [3.63, 3.8) is 0 Å². The van der Waals surface area contributed by atoms with Crippen LogP contribution in [0.3, 0.4) is 0 Å². The van der Waals surface area contributed by atoms with Gasteiger partial charge in [0.25, 0.3) is 0 Å². The molecule has 0 radical (unpaired) electrons. The van der Waals surface area contributed by atoms with Gasteiger partial charge in [-0.25, -0.2) is 0 Å². The predicted octanol–water partition coefficient (Wildman–Crippen LogP) is 0.453. The Morgan fingerprint density at radius 1 is 1.50 bits per heavy atom. The fraction of sp³-hybridized carbons (Fsp3) is 1.00. The second-order valence-corrected chi connectivity index (χ2v) is 4.28. The van der Waals surface area contributed by atoms with Crippen LogP contribution in [0.1, 0.15) is 13.3 Å². The van der Waals surface area contributed by atoms with Gasteiger partial charge in [-0.2, -0.15) is 0 Å². The number of hydrogen-bond donors (Lipinski definition) is 0. The third-order valence-electron chi connectivity index (χ3n) is 3.47. The van der Waals surface area contributed by atoms with E-state index >= 15 is 0 Å². The Labute approximate surface area is 72.6 Å². The zero-order valence-corrected chi connectivity index (χ0v) is 7.45. The number of ether oxygens (including phenoxy) is 2. The lowest BCUT2D eigenvalue weighted by Gasteiger charge is -2.31. The molecule has 0 aromatic carbocycles. The summed E-state index contributed by atoms with van der Waals surface area (Å²) in [6.07, 6.45) is 1.32. The van der Waals surface area contributed by atoms with Crippen LogP contribution in [-0.2, 0) is 9.47 Å². The highest BCUT2D eigenvalue weighted by molar-refractivity contribution is 5.05. The van der Waals surface area contributed by atoms with E-state index in [0.29, 0.717) is 0 Å². The highest BCUT2D eigenvalue weighted by Gasteiger charge is 2.54. The van der Waals surface area contributed by atoms with Gasteiger partial charge in [0.1, 0.15) is 5.60 Å². The summed E-state index contributed by atoms with van der Waals surface area (Å²) in [5, 5.41) is 0. The lowest BCUT2D eigenvalue weighted by atomic mass is 9.88. The van der Waals surface area contributed by atoms with Crippen molar-refractivity contribution in [1.82, 2.24) is 4.90 Å². The second-order valence-electron chi connectivity index (χ2n) is 4.28. The molecule has 3 fully saturated rings. The Morgan fingerprint density at radius 3 is 2.92 bits per heavy atom. The van der Waals surface area contributed by atoms with E-state index in [1.807, 2.05) is 6.92 Å². The van der Waals surface area contributed by atoms with Crippen LogP contribution in [0.2, 0.25) is 0 Å². The van der Waals surface area contributed by atoms with E-state index < -0.39 is 0 Å². The van der Waals surface area contributed by atoms with Gasteiger partial charge in [0, 0.05) is 19.0 Å². The molecule has 3 nitrogen and oxygen atoms in total. The average Bonchev–Trinajstić information content (AvgIpc) is 2.67. The number of nitrogens with zero attached hydrogens (tertiary/aromatic N) is 1. The summed E-state index contributed by atoms with van der Waals surface area (Å²) in [6, 6.07) is 0. The minimum absolute atomic E-state index is 0.0190. The minimum atomic E-state index is 0.0190. The molecule has 3 rings (SSSR count). The maximum absolute atomic E-state index is 5.88. The lowest BCUT2D eigenvalue weighted by molar-refractivity contribution is -0.0916. The molecule has 0 aliphatic carbocycles. The maximum atomic E-state index is 5.88. The van der Waals surface area contributed by atoms with Gasteiger partial charge in [0.15, 0.2) is 6.29 Å². The fourth-order valence-electron chi connectivity index (χ4n) is 2.87. The molecule has 3 aliphatic heterocycles. The van der Waals surface area contributed by atoms with Crippen LogP contribution in [0, 0.1) is 5.92 Å². The van der Waals surface area contributed by atoms with E-state index in [0.717, 1.165) is 19.1 Å². The first-order valence-electron chi connectivity index (χ1n) is 4.80. The zero-order chi connectivity index (χ0) is 8.18. The average molecular weight is 169 g/mol. The van der Waals surface area contributed by atoms with Crippen molar-refractivity contribution in [3.8, 4) is 0 Å². The molecule has 0 aromatic rings. The monoisotopic (exact) mass is 169 g/mol. The normalized spacial score (nSPS) is 57.2. The first-order chi connectivity index (χ1) is 5.78. The highest BCUT2D eigenvalue weighted by atomic mass is 16.7. The summed E-state index contributed by atoms with van der Waals surface area (Å²) >= 11 is 0. The first kappa shape index (κ1) is 7.30. The Hall–Kier alpha value is -0.120. The number of piperidine rings is 1. The summed E-state index contributed by atoms with van der Waals surface area (Å²) in [5.74, 6) is 0.738. The molecule has 0 saturated carbocycles. The fourth-order valence-corrected chi connectivity index (χ4v) is 2.87. The Balaban J connectivity index is 1.84. The number of hydrogen-bond acceptors (Lipinski definition) is 3. The Kier molecular flexibility index (Phi) is 1.35. The predicted molar refractivity (Wildman–Crippen MR) is 43.8 cm³/mol. The summed E-state index contributed by atoms with van der Waals surface area (Å²) in [6.45, 7) is 6.41. The van der Waals surface area contributed by atoms with E-state index in [-0.39, 0.29) is 11.9 Å². The first-order valence-corrected chi connectivity index (χ1v) is 4.80. The van der Waals surface area contributed by atoms with E-state index in [2.05, 4.69) is 4.90 Å². The summed E-state index contributed by atoms with van der Waals surface area (Å²) in [4.78, 5) is 2.49. The van der Waals surface area contributed by atoms with E-state index in [4.69, 9.17) is 9.47 Å². The second kappa shape index (κ2) is 2.22. The van der Waals surface area contributed by atoms with E-state index in [1.54, 1.807) is 0 Å². The van der Waals surface area contributed by atoms with Crippen molar-refractivity contribution in [2.45, 2.75) is 25.2 Å². The molecule has 3 saturated heterocycles. The molecule has 4 atom stereocenters. The van der Waals surface area contributed by atoms with Crippen LogP contribution < -0.4 is 0 Å². The van der Waals surface area contributed by atoms with Crippen LogP contribution >= 0.6 is 0 Å². The molecular formula is C9H15NO2. The third-order valence-corrected chi connectivity index (χ3v) is 3.47. The van der Waals surface area contributed by atoms with Gasteiger partial charge < -0.3 is 9.47 Å². The highest BCUT2D eigenvalue weighted by Crippen LogP contribution is 2.42. The van der Waals surface area contributed by atoms with Gasteiger partial charge in [0.05, 0.1) is 6.61 Å². The quantitative estimate of drug-likeness (QED) is 0.525. The molecule has 12 heavy (non-hydrogen) atoms. The Morgan fingerprint density at radius 2 is 2.42 bits per heavy atom. The molecule has 0 amide bonds. The standard InChI is InChI=1S/C9H15NO2/c1-7-11-6-9(12-7)5-10-3-2-8(9)4-10/h7-8H,2-6H2,1H3/t7-,8-,9+/m1/s1. The van der Waals surface area contributed by atoms with Crippen molar-refractivity contribution in [2.24, 2.45) is 5.92 Å². The molecule has 1 spiro atoms. The molecule has 1 unspecified atom stereocenters. The third kappa shape index (κ3) is 0.817. The van der Waals surface area contributed by atoms with Crippen LogP contribution in [0.5, 0.6) is 0 Å².